The highest BCUT2D eigenvalue weighted by Gasteiger charge is 2.15. The Labute approximate surface area is 113 Å². The predicted octanol–water partition coefficient (Wildman–Crippen LogP) is 2.16. The van der Waals surface area contributed by atoms with Crippen LogP contribution in [0.15, 0.2) is 12.1 Å². The first kappa shape index (κ1) is 13.8. The largest absolute Gasteiger partial charge is 0.465 e. The first-order valence-electron chi connectivity index (χ1n) is 6.62. The molecular formula is C14H20N2O3. The van der Waals surface area contributed by atoms with Crippen LogP contribution in [-0.2, 0) is 9.47 Å². The third-order valence-electron chi connectivity index (χ3n) is 3.29. The summed E-state index contributed by atoms with van der Waals surface area (Å²) in [6, 6.07) is 3.54. The maximum absolute atomic E-state index is 11.4. The Hall–Kier alpha value is -1.62. The normalized spacial score (nSPS) is 18.3. The lowest BCUT2D eigenvalue weighted by molar-refractivity contribution is 0.0599. The van der Waals surface area contributed by atoms with E-state index in [0.717, 1.165) is 38.2 Å². The van der Waals surface area contributed by atoms with Gasteiger partial charge in [-0.2, -0.15) is 0 Å². The average molecular weight is 264 g/mol. The molecule has 1 fully saturated rings. The lowest BCUT2D eigenvalue weighted by atomic mass is 10.2. The van der Waals surface area contributed by atoms with Crippen molar-refractivity contribution in [2.45, 2.75) is 32.3 Å². The molecule has 0 bridgehead atoms. The van der Waals surface area contributed by atoms with Gasteiger partial charge in [0.1, 0.15) is 5.82 Å². The maximum atomic E-state index is 11.4. The highest BCUT2D eigenvalue weighted by molar-refractivity contribution is 5.90. The van der Waals surface area contributed by atoms with Gasteiger partial charge >= 0.3 is 5.97 Å². The van der Waals surface area contributed by atoms with E-state index in [4.69, 9.17) is 4.74 Å². The number of nitrogens with one attached hydrogen (secondary N) is 1. The van der Waals surface area contributed by atoms with Crippen molar-refractivity contribution in [2.24, 2.45) is 0 Å². The molecule has 0 aromatic carbocycles. The van der Waals surface area contributed by atoms with Crippen LogP contribution in [0.2, 0.25) is 0 Å². The summed E-state index contributed by atoms with van der Waals surface area (Å²) in [5, 5.41) is 3.25. The second-order valence-electron chi connectivity index (χ2n) is 4.67. The van der Waals surface area contributed by atoms with Gasteiger partial charge in [0.2, 0.25) is 0 Å². The van der Waals surface area contributed by atoms with Crippen LogP contribution >= 0.6 is 0 Å². The van der Waals surface area contributed by atoms with Crippen LogP contribution in [0.5, 0.6) is 0 Å². The predicted molar refractivity (Wildman–Crippen MR) is 72.4 cm³/mol. The zero-order valence-electron chi connectivity index (χ0n) is 11.4. The van der Waals surface area contributed by atoms with Crippen molar-refractivity contribution in [3.8, 4) is 0 Å². The number of carbonyl (C=O) groups excluding carboxylic acids is 1. The van der Waals surface area contributed by atoms with Gasteiger partial charge in [-0.25, -0.2) is 9.78 Å². The molecule has 0 saturated carbocycles. The summed E-state index contributed by atoms with van der Waals surface area (Å²) in [5.74, 6) is 0.430. The van der Waals surface area contributed by atoms with Crippen LogP contribution in [0.25, 0.3) is 0 Å². The fraction of sp³-hybridized carbons (Fsp3) is 0.571. The maximum Gasteiger partial charge on any atom is 0.339 e. The van der Waals surface area contributed by atoms with Crippen molar-refractivity contribution in [1.82, 2.24) is 4.98 Å². The van der Waals surface area contributed by atoms with E-state index in [-0.39, 0.29) is 5.97 Å². The first-order valence-corrected chi connectivity index (χ1v) is 6.62. The molecule has 0 aliphatic carbocycles. The van der Waals surface area contributed by atoms with E-state index < -0.39 is 0 Å². The van der Waals surface area contributed by atoms with Crippen molar-refractivity contribution < 1.29 is 14.3 Å². The van der Waals surface area contributed by atoms with Crippen LogP contribution in [0, 0.1) is 6.92 Å². The molecule has 1 aromatic heterocycles. The number of nitrogens with zero attached hydrogens (tertiary/aromatic N) is 1. The number of aryl methyl sites for hydroxylation is 1. The summed E-state index contributed by atoms with van der Waals surface area (Å²) in [6.45, 7) is 3.52. The van der Waals surface area contributed by atoms with Crippen LogP contribution < -0.4 is 5.32 Å². The molecule has 19 heavy (non-hydrogen) atoms. The SMILES string of the molecule is COC(=O)c1ccc(NCCC2CCCO2)nc1C. The third-order valence-corrected chi connectivity index (χ3v) is 3.29. The minimum absolute atomic E-state index is 0.351. The molecule has 1 saturated heterocycles. The van der Waals surface area contributed by atoms with Crippen LogP contribution in [0.4, 0.5) is 5.82 Å². The van der Waals surface area contributed by atoms with Gasteiger partial charge in [-0.3, -0.25) is 0 Å². The fourth-order valence-electron chi connectivity index (χ4n) is 2.22. The minimum atomic E-state index is -0.351. The second kappa shape index (κ2) is 6.52. The van der Waals surface area contributed by atoms with Crippen molar-refractivity contribution in [2.75, 3.05) is 25.6 Å². The second-order valence-corrected chi connectivity index (χ2v) is 4.67. The molecular weight excluding hydrogens is 244 g/mol. The van der Waals surface area contributed by atoms with Crippen molar-refractivity contribution in [1.29, 1.82) is 0 Å². The Morgan fingerprint density at radius 3 is 3.05 bits per heavy atom. The Balaban J connectivity index is 1.87. The van der Waals surface area contributed by atoms with Gasteiger partial charge in [0.05, 0.1) is 24.5 Å². The molecule has 1 atom stereocenters. The van der Waals surface area contributed by atoms with Gasteiger partial charge in [-0.15, -0.1) is 0 Å². The van der Waals surface area contributed by atoms with Gasteiger partial charge in [0, 0.05) is 13.2 Å². The van der Waals surface area contributed by atoms with Gasteiger partial charge in [0.15, 0.2) is 0 Å². The molecule has 2 heterocycles. The van der Waals surface area contributed by atoms with Gasteiger partial charge < -0.3 is 14.8 Å². The van der Waals surface area contributed by atoms with E-state index in [1.807, 2.05) is 0 Å². The van der Waals surface area contributed by atoms with E-state index in [2.05, 4.69) is 15.0 Å². The molecule has 0 radical (unpaired) electrons. The summed E-state index contributed by atoms with van der Waals surface area (Å²) in [4.78, 5) is 15.8. The Morgan fingerprint density at radius 2 is 2.42 bits per heavy atom. The van der Waals surface area contributed by atoms with Crippen LogP contribution in [0.3, 0.4) is 0 Å². The number of anilines is 1. The number of methoxy groups -OCH3 is 1. The first-order chi connectivity index (χ1) is 9.20. The molecule has 0 spiro atoms. The number of rotatable bonds is 5. The highest BCUT2D eigenvalue weighted by atomic mass is 16.5. The number of aromatic nitrogens is 1. The Bertz CT molecular complexity index is 442. The molecule has 1 unspecified atom stereocenters. The van der Waals surface area contributed by atoms with E-state index in [0.29, 0.717) is 17.4 Å². The highest BCUT2D eigenvalue weighted by Crippen LogP contribution is 2.16. The van der Waals surface area contributed by atoms with Crippen molar-refractivity contribution in [3.63, 3.8) is 0 Å². The van der Waals surface area contributed by atoms with Crippen LogP contribution in [-0.4, -0.2) is 37.3 Å². The zero-order chi connectivity index (χ0) is 13.7. The Morgan fingerprint density at radius 1 is 1.58 bits per heavy atom. The molecule has 1 aliphatic heterocycles. The fourth-order valence-corrected chi connectivity index (χ4v) is 2.22. The summed E-state index contributed by atoms with van der Waals surface area (Å²) in [5.41, 5.74) is 1.18. The molecule has 1 aromatic rings. The number of carbonyl (C=O) groups is 1. The number of hydrogen-bond donors (Lipinski definition) is 1. The van der Waals surface area contributed by atoms with Crippen LogP contribution in [0.1, 0.15) is 35.3 Å². The summed E-state index contributed by atoms with van der Waals surface area (Å²) in [6.07, 6.45) is 3.67. The summed E-state index contributed by atoms with van der Waals surface area (Å²) >= 11 is 0. The molecule has 2 rings (SSSR count). The Kier molecular flexibility index (Phi) is 4.74. The van der Waals surface area contributed by atoms with E-state index in [1.54, 1.807) is 19.1 Å². The van der Waals surface area contributed by atoms with Crippen molar-refractivity contribution >= 4 is 11.8 Å². The molecule has 0 amide bonds. The molecule has 1 N–H and O–H groups in total. The van der Waals surface area contributed by atoms with Crippen molar-refractivity contribution in [3.05, 3.63) is 23.4 Å². The lowest BCUT2D eigenvalue weighted by Gasteiger charge is -2.11. The smallest absolute Gasteiger partial charge is 0.339 e. The quantitative estimate of drug-likeness (QED) is 0.826. The summed E-state index contributed by atoms with van der Waals surface area (Å²) in [7, 11) is 1.37. The summed E-state index contributed by atoms with van der Waals surface area (Å²) < 4.78 is 10.2. The average Bonchev–Trinajstić information content (AvgIpc) is 2.91. The van der Waals surface area contributed by atoms with Gasteiger partial charge in [0.25, 0.3) is 0 Å². The minimum Gasteiger partial charge on any atom is -0.465 e. The molecule has 104 valence electrons. The van der Waals surface area contributed by atoms with E-state index in [1.165, 1.54) is 7.11 Å². The molecule has 5 nitrogen and oxygen atoms in total. The number of ether oxygens (including phenoxy) is 2. The third kappa shape index (κ3) is 3.67. The molecule has 5 heteroatoms. The standard InChI is InChI=1S/C14H20N2O3/c1-10-12(14(17)18-2)5-6-13(16-10)15-8-7-11-4-3-9-19-11/h5-6,11H,3-4,7-9H2,1-2H3,(H,15,16). The number of pyridine rings is 1. The van der Waals surface area contributed by atoms with E-state index in [9.17, 15) is 4.79 Å². The number of esters is 1. The monoisotopic (exact) mass is 264 g/mol. The molecule has 1 aliphatic rings. The number of hydrogen-bond acceptors (Lipinski definition) is 5. The zero-order valence-corrected chi connectivity index (χ0v) is 11.4. The van der Waals surface area contributed by atoms with Gasteiger partial charge in [-0.05, 0) is 38.3 Å². The van der Waals surface area contributed by atoms with E-state index >= 15 is 0 Å². The topological polar surface area (TPSA) is 60.5 Å². The lowest BCUT2D eigenvalue weighted by Crippen LogP contribution is -2.14. The van der Waals surface area contributed by atoms with Gasteiger partial charge in [-0.1, -0.05) is 0 Å².